The molecule has 3 aromatic rings. The molecule has 1 saturated carbocycles. The molecule has 11 nitrogen and oxygen atoms in total. The Morgan fingerprint density at radius 1 is 1.05 bits per heavy atom. The van der Waals surface area contributed by atoms with Crippen molar-refractivity contribution in [2.75, 3.05) is 26.7 Å². The van der Waals surface area contributed by atoms with Crippen molar-refractivity contribution in [2.45, 2.75) is 50.5 Å². The fourth-order valence-electron chi connectivity index (χ4n) is 5.38. The molecule has 11 heteroatoms. The summed E-state index contributed by atoms with van der Waals surface area (Å²) >= 11 is 0. The van der Waals surface area contributed by atoms with E-state index in [1.54, 1.807) is 23.0 Å². The van der Waals surface area contributed by atoms with Gasteiger partial charge in [0.05, 0.1) is 32.4 Å². The molecule has 2 fully saturated rings. The van der Waals surface area contributed by atoms with Gasteiger partial charge in [-0.05, 0) is 60.7 Å². The van der Waals surface area contributed by atoms with Crippen LogP contribution in [-0.4, -0.2) is 82.7 Å². The fourth-order valence-corrected chi connectivity index (χ4v) is 5.38. The zero-order valence-electron chi connectivity index (χ0n) is 22.9. The number of nitrogens with zero attached hydrogens (tertiary/aromatic N) is 3. The molecule has 3 aliphatic heterocycles. The molecule has 1 aromatic heterocycles. The highest BCUT2D eigenvalue weighted by Gasteiger charge is 2.39. The Hall–Kier alpha value is -4.38. The number of nitrogens with one attached hydrogen (secondary N) is 2. The summed E-state index contributed by atoms with van der Waals surface area (Å²) in [7, 11) is 1.59. The molecule has 0 spiro atoms. The van der Waals surface area contributed by atoms with Crippen LogP contribution in [0.25, 0.3) is 0 Å². The second-order valence-corrected chi connectivity index (χ2v) is 10.7. The summed E-state index contributed by atoms with van der Waals surface area (Å²) < 4.78 is 18.0. The van der Waals surface area contributed by atoms with Crippen molar-refractivity contribution in [3.63, 3.8) is 0 Å². The van der Waals surface area contributed by atoms with E-state index in [9.17, 15) is 14.4 Å². The van der Waals surface area contributed by atoms with E-state index < -0.39 is 12.1 Å². The van der Waals surface area contributed by atoms with Crippen molar-refractivity contribution in [2.24, 2.45) is 0 Å². The summed E-state index contributed by atoms with van der Waals surface area (Å²) in [6, 6.07) is 14.5. The van der Waals surface area contributed by atoms with E-state index >= 15 is 0 Å². The Labute approximate surface area is 237 Å². The smallest absolute Gasteiger partial charge is 0.272 e. The van der Waals surface area contributed by atoms with Gasteiger partial charge in [-0.1, -0.05) is 18.2 Å². The van der Waals surface area contributed by atoms with Crippen molar-refractivity contribution < 1.29 is 28.6 Å². The molecule has 41 heavy (non-hydrogen) atoms. The molecule has 4 bridgehead atoms. The Kier molecular flexibility index (Phi) is 7.60. The lowest BCUT2D eigenvalue weighted by Crippen LogP contribution is -2.49. The van der Waals surface area contributed by atoms with Gasteiger partial charge < -0.3 is 29.3 Å². The molecule has 214 valence electrons. The van der Waals surface area contributed by atoms with Gasteiger partial charge in [-0.15, -0.1) is 0 Å². The van der Waals surface area contributed by atoms with E-state index in [0.29, 0.717) is 35.9 Å². The predicted molar refractivity (Wildman–Crippen MR) is 148 cm³/mol. The molecule has 4 aliphatic rings. The highest BCUT2D eigenvalue weighted by Crippen LogP contribution is 2.34. The number of ether oxygens (including phenoxy) is 3. The molecule has 4 heterocycles. The number of aromatic amines is 1. The zero-order valence-corrected chi connectivity index (χ0v) is 22.9. The molecular formula is C30H33N5O6. The number of hydrogen-bond acceptors (Lipinski definition) is 7. The van der Waals surface area contributed by atoms with E-state index in [4.69, 9.17) is 14.2 Å². The summed E-state index contributed by atoms with van der Waals surface area (Å²) in [5.41, 5.74) is 2.19. The Morgan fingerprint density at radius 3 is 2.71 bits per heavy atom. The van der Waals surface area contributed by atoms with Gasteiger partial charge in [0, 0.05) is 31.7 Å². The lowest BCUT2D eigenvalue weighted by molar-refractivity contribution is -0.137. The summed E-state index contributed by atoms with van der Waals surface area (Å²) in [6.07, 6.45) is 3.64. The number of fused-ring (bicyclic) bond motifs is 9. The number of H-pyrrole nitrogens is 1. The summed E-state index contributed by atoms with van der Waals surface area (Å²) in [6.45, 7) is 0.804. The normalized spacial score (nSPS) is 21.8. The van der Waals surface area contributed by atoms with Crippen molar-refractivity contribution >= 4 is 17.7 Å². The molecule has 1 saturated heterocycles. The maximum atomic E-state index is 13.3. The van der Waals surface area contributed by atoms with E-state index in [2.05, 4.69) is 15.5 Å². The number of likely N-dealkylation sites (tertiary alicyclic amines) is 1. The van der Waals surface area contributed by atoms with Crippen LogP contribution in [-0.2, 0) is 27.4 Å². The van der Waals surface area contributed by atoms with Crippen molar-refractivity contribution in [3.05, 3.63) is 71.5 Å². The van der Waals surface area contributed by atoms with Crippen LogP contribution >= 0.6 is 0 Å². The van der Waals surface area contributed by atoms with Crippen LogP contribution in [0.1, 0.15) is 40.9 Å². The van der Waals surface area contributed by atoms with Crippen LogP contribution in [0.2, 0.25) is 0 Å². The minimum absolute atomic E-state index is 0.0284. The topological polar surface area (TPSA) is 126 Å². The third-order valence-corrected chi connectivity index (χ3v) is 7.70. The van der Waals surface area contributed by atoms with Gasteiger partial charge in [0.2, 0.25) is 11.8 Å². The second kappa shape index (κ2) is 11.6. The number of methoxy groups -OCH3 is 1. The number of aromatic nitrogens is 2. The molecule has 2 aromatic carbocycles. The van der Waals surface area contributed by atoms with Gasteiger partial charge in [-0.2, -0.15) is 5.10 Å². The summed E-state index contributed by atoms with van der Waals surface area (Å²) in [4.78, 5) is 42.9. The minimum atomic E-state index is -0.449. The number of carbonyl (C=O) groups is 3. The standard InChI is InChI=1S/C30H33N5O6/c1-39-26-14-19-5-9-25(26)41-22-4-2-3-20(13-22)18-40-27-16-34(30(38)23-11-12-31-33-23)15-24(27)32-28(36)17-35(21-7-8-21)29(37)10-6-19/h2-5,9,11-14,21,24,27H,6-8,10,15-18H2,1H3,(H,31,33)(H,32,36)/t24-,27-/m0/s1. The highest BCUT2D eigenvalue weighted by atomic mass is 16.5. The fraction of sp³-hybridized carbons (Fsp3) is 0.400. The van der Waals surface area contributed by atoms with Crippen molar-refractivity contribution in [1.29, 1.82) is 0 Å². The number of aryl methyl sites for hydroxylation is 1. The van der Waals surface area contributed by atoms with Crippen LogP contribution in [0, 0.1) is 0 Å². The lowest BCUT2D eigenvalue weighted by atomic mass is 10.1. The molecular weight excluding hydrogens is 526 g/mol. The maximum Gasteiger partial charge on any atom is 0.272 e. The first kappa shape index (κ1) is 26.8. The molecule has 2 atom stereocenters. The number of benzene rings is 2. The van der Waals surface area contributed by atoms with Crippen molar-refractivity contribution in [3.8, 4) is 17.2 Å². The molecule has 0 radical (unpaired) electrons. The van der Waals surface area contributed by atoms with Crippen LogP contribution in [0.4, 0.5) is 0 Å². The first-order chi connectivity index (χ1) is 20.0. The zero-order chi connectivity index (χ0) is 28.3. The van der Waals surface area contributed by atoms with E-state index in [1.165, 1.54) is 6.20 Å². The average Bonchev–Trinajstić information content (AvgIpc) is 3.51. The Balaban J connectivity index is 1.27. The van der Waals surface area contributed by atoms with Crippen LogP contribution in [0.15, 0.2) is 54.7 Å². The largest absolute Gasteiger partial charge is 0.493 e. The quantitative estimate of drug-likeness (QED) is 0.505. The van der Waals surface area contributed by atoms with Crippen LogP contribution < -0.4 is 14.8 Å². The second-order valence-electron chi connectivity index (χ2n) is 10.7. The molecule has 7 rings (SSSR count). The molecule has 1 aliphatic carbocycles. The third-order valence-electron chi connectivity index (χ3n) is 7.70. The first-order valence-electron chi connectivity index (χ1n) is 13.9. The summed E-state index contributed by atoms with van der Waals surface area (Å²) in [5, 5.41) is 9.65. The van der Waals surface area contributed by atoms with Crippen LogP contribution in [0.5, 0.6) is 17.2 Å². The van der Waals surface area contributed by atoms with E-state index in [1.807, 2.05) is 42.5 Å². The van der Waals surface area contributed by atoms with Crippen LogP contribution in [0.3, 0.4) is 0 Å². The minimum Gasteiger partial charge on any atom is -0.493 e. The van der Waals surface area contributed by atoms with Gasteiger partial charge in [0.1, 0.15) is 11.4 Å². The van der Waals surface area contributed by atoms with Gasteiger partial charge in [-0.3, -0.25) is 19.5 Å². The van der Waals surface area contributed by atoms with E-state index in [0.717, 1.165) is 24.0 Å². The number of hydrogen-bond donors (Lipinski definition) is 2. The maximum absolute atomic E-state index is 13.3. The summed E-state index contributed by atoms with van der Waals surface area (Å²) in [5.74, 6) is 1.22. The molecule has 2 N–H and O–H groups in total. The SMILES string of the molecule is COc1cc2ccc1Oc1cccc(c1)CO[C@H]1CN(C(=O)c3ccn[nH]3)C[C@@H]1NC(=O)CN(C1CC1)C(=O)CC2. The van der Waals surface area contributed by atoms with Crippen molar-refractivity contribution in [1.82, 2.24) is 25.3 Å². The molecule has 0 unspecified atom stereocenters. The Bertz CT molecular complexity index is 1420. The third kappa shape index (κ3) is 6.19. The van der Waals surface area contributed by atoms with Gasteiger partial charge >= 0.3 is 0 Å². The number of amides is 3. The lowest BCUT2D eigenvalue weighted by Gasteiger charge is -2.25. The first-order valence-corrected chi connectivity index (χ1v) is 13.9. The number of rotatable bonds is 3. The number of carbonyl (C=O) groups excluding carboxylic acids is 3. The predicted octanol–water partition coefficient (Wildman–Crippen LogP) is 2.67. The average molecular weight is 560 g/mol. The van der Waals surface area contributed by atoms with Gasteiger partial charge in [0.25, 0.3) is 5.91 Å². The monoisotopic (exact) mass is 559 g/mol. The van der Waals surface area contributed by atoms with Gasteiger partial charge in [0.15, 0.2) is 11.5 Å². The molecule has 3 amide bonds. The highest BCUT2D eigenvalue weighted by molar-refractivity contribution is 5.92. The van der Waals surface area contributed by atoms with Gasteiger partial charge in [-0.25, -0.2) is 0 Å². The van der Waals surface area contributed by atoms with E-state index in [-0.39, 0.29) is 49.9 Å². The Morgan fingerprint density at radius 2 is 1.93 bits per heavy atom.